The van der Waals surface area contributed by atoms with Crippen molar-refractivity contribution in [2.45, 2.75) is 37.8 Å². The van der Waals surface area contributed by atoms with Crippen LogP contribution in [0.25, 0.3) is 0 Å². The van der Waals surface area contributed by atoms with Crippen LogP contribution in [0.5, 0.6) is 0 Å². The minimum absolute atomic E-state index is 0.0570. The van der Waals surface area contributed by atoms with Crippen LogP contribution in [0.4, 0.5) is 5.69 Å². The molecule has 2 aromatic rings. The first-order chi connectivity index (χ1) is 15.9. The summed E-state index contributed by atoms with van der Waals surface area (Å²) in [6.45, 7) is 7.53. The van der Waals surface area contributed by atoms with Gasteiger partial charge in [0.15, 0.2) is 0 Å². The number of carbonyl (C=O) groups is 1. The number of rotatable bonds is 7. The maximum Gasteiger partial charge on any atom is 0.263 e. The molecule has 1 amide bonds. The summed E-state index contributed by atoms with van der Waals surface area (Å²) in [5.41, 5.74) is 2.63. The van der Waals surface area contributed by atoms with Crippen LogP contribution in [0.2, 0.25) is 0 Å². The highest BCUT2D eigenvalue weighted by molar-refractivity contribution is 7.90. The number of anilines is 1. The summed E-state index contributed by atoms with van der Waals surface area (Å²) in [5.74, 6) is -0.0583. The van der Waals surface area contributed by atoms with Gasteiger partial charge in [0.1, 0.15) is 11.9 Å². The molecular weight excluding hydrogens is 440 g/mol. The summed E-state index contributed by atoms with van der Waals surface area (Å²) in [7, 11) is -3.65. The van der Waals surface area contributed by atoms with E-state index in [0.717, 1.165) is 44.0 Å². The largest absolute Gasteiger partial charge is 0.378 e. The second-order valence-corrected chi connectivity index (χ2v) is 10.0. The van der Waals surface area contributed by atoms with Gasteiger partial charge in [-0.15, -0.1) is 0 Å². The van der Waals surface area contributed by atoms with Gasteiger partial charge in [-0.05, 0) is 35.7 Å². The molecule has 0 aromatic heterocycles. The molecule has 0 aliphatic carbocycles. The predicted octanol–water partition coefficient (Wildman–Crippen LogP) is 2.29. The Morgan fingerprint density at radius 3 is 2.55 bits per heavy atom. The number of amidine groups is 1. The molecule has 2 heterocycles. The first-order valence-electron chi connectivity index (χ1n) is 11.3. The van der Waals surface area contributed by atoms with Gasteiger partial charge in [-0.3, -0.25) is 14.5 Å². The molecule has 2 N–H and O–H groups in total. The third kappa shape index (κ3) is 5.20. The van der Waals surface area contributed by atoms with Crippen molar-refractivity contribution in [3.63, 3.8) is 0 Å². The highest BCUT2D eigenvalue weighted by Gasteiger charge is 2.33. The van der Waals surface area contributed by atoms with Crippen LogP contribution in [0.3, 0.4) is 0 Å². The molecule has 1 fully saturated rings. The molecule has 0 bridgehead atoms. The maximum atomic E-state index is 13.1. The zero-order valence-electron chi connectivity index (χ0n) is 19.0. The Labute approximate surface area is 195 Å². The maximum absolute atomic E-state index is 13.1. The topological polar surface area (TPSA) is 100 Å². The van der Waals surface area contributed by atoms with Gasteiger partial charge in [0.25, 0.3) is 10.0 Å². The Morgan fingerprint density at radius 1 is 1.15 bits per heavy atom. The lowest BCUT2D eigenvalue weighted by molar-refractivity contribution is -0.123. The van der Waals surface area contributed by atoms with E-state index >= 15 is 0 Å². The molecule has 1 saturated heterocycles. The lowest BCUT2D eigenvalue weighted by Crippen LogP contribution is -2.39. The number of aliphatic imine (C=N–C) groups is 1. The Morgan fingerprint density at radius 2 is 1.85 bits per heavy atom. The summed E-state index contributed by atoms with van der Waals surface area (Å²) in [6, 6.07) is 14.1. The lowest BCUT2D eigenvalue weighted by atomic mass is 9.98. The van der Waals surface area contributed by atoms with Gasteiger partial charge < -0.3 is 15.0 Å². The van der Waals surface area contributed by atoms with Crippen LogP contribution in [0.1, 0.15) is 31.4 Å². The van der Waals surface area contributed by atoms with E-state index in [0.29, 0.717) is 12.1 Å². The number of nitrogens with one attached hydrogen (secondary N) is 2. The number of nitrogens with zero attached hydrogens (tertiary/aromatic N) is 2. The third-order valence-electron chi connectivity index (χ3n) is 6.16. The second-order valence-electron chi connectivity index (χ2n) is 8.39. The molecule has 9 heteroatoms. The van der Waals surface area contributed by atoms with Crippen LogP contribution in [0.15, 0.2) is 58.4 Å². The molecule has 0 spiro atoms. The van der Waals surface area contributed by atoms with Crippen molar-refractivity contribution >= 4 is 27.5 Å². The summed E-state index contributed by atoms with van der Waals surface area (Å²) >= 11 is 0. The van der Waals surface area contributed by atoms with E-state index in [-0.39, 0.29) is 22.6 Å². The van der Waals surface area contributed by atoms with Crippen molar-refractivity contribution in [1.82, 2.24) is 10.0 Å². The summed E-state index contributed by atoms with van der Waals surface area (Å²) in [4.78, 5) is 20.1. The Kier molecular flexibility index (Phi) is 6.99. The van der Waals surface area contributed by atoms with E-state index in [1.54, 1.807) is 24.3 Å². The molecule has 33 heavy (non-hydrogen) atoms. The van der Waals surface area contributed by atoms with Crippen LogP contribution in [-0.2, 0) is 26.1 Å². The summed E-state index contributed by atoms with van der Waals surface area (Å²) in [6.07, 6.45) is 0.734. The van der Waals surface area contributed by atoms with Gasteiger partial charge in [0, 0.05) is 30.9 Å². The Balaban J connectivity index is 1.46. The number of carbonyl (C=O) groups excluding carboxylic acids is 1. The number of ether oxygens (including phenoxy) is 1. The minimum Gasteiger partial charge on any atom is -0.378 e. The van der Waals surface area contributed by atoms with Crippen molar-refractivity contribution in [3.8, 4) is 0 Å². The quantitative estimate of drug-likeness (QED) is 0.647. The molecule has 8 nitrogen and oxygen atoms in total. The Hall–Kier alpha value is -2.91. The van der Waals surface area contributed by atoms with E-state index in [2.05, 4.69) is 32.1 Å². The molecular formula is C24H30N4O4S. The van der Waals surface area contributed by atoms with Crippen molar-refractivity contribution in [3.05, 3.63) is 59.7 Å². The fourth-order valence-electron chi connectivity index (χ4n) is 3.98. The SMILES string of the molecule is CC[C@H](C)[C@H](N=C1NS(=O)(=O)c2ccccc21)C(=O)NCc1ccc(N2CCOCC2)cc1. The van der Waals surface area contributed by atoms with E-state index in [4.69, 9.17) is 4.74 Å². The van der Waals surface area contributed by atoms with Crippen molar-refractivity contribution in [2.75, 3.05) is 31.2 Å². The average Bonchev–Trinajstić information content (AvgIpc) is 3.11. The molecule has 2 aliphatic heterocycles. The molecule has 4 rings (SSSR count). The number of hydrogen-bond acceptors (Lipinski definition) is 6. The number of hydrogen-bond donors (Lipinski definition) is 2. The highest BCUT2D eigenvalue weighted by atomic mass is 32.2. The average molecular weight is 471 g/mol. The molecule has 0 radical (unpaired) electrons. The van der Waals surface area contributed by atoms with Gasteiger partial charge in [-0.1, -0.05) is 44.5 Å². The second kappa shape index (κ2) is 9.93. The van der Waals surface area contributed by atoms with Crippen LogP contribution in [0, 0.1) is 5.92 Å². The standard InChI is InChI=1S/C24H30N4O4S/c1-3-17(2)22(26-23-20-6-4-5-7-21(20)33(30,31)27-23)24(29)25-16-18-8-10-19(11-9-18)28-12-14-32-15-13-28/h4-11,17,22H,3,12-16H2,1-2H3,(H,25,29)(H,26,27)/t17-,22-/m0/s1. The monoisotopic (exact) mass is 470 g/mol. The molecule has 176 valence electrons. The molecule has 2 atom stereocenters. The van der Waals surface area contributed by atoms with Gasteiger partial charge in [-0.2, -0.15) is 0 Å². The minimum atomic E-state index is -3.65. The van der Waals surface area contributed by atoms with Crippen LogP contribution in [-0.4, -0.2) is 52.5 Å². The van der Waals surface area contributed by atoms with Gasteiger partial charge in [-0.25, -0.2) is 8.42 Å². The van der Waals surface area contributed by atoms with Gasteiger partial charge in [0.2, 0.25) is 5.91 Å². The lowest BCUT2D eigenvalue weighted by Gasteiger charge is -2.29. The normalized spacial score (nSPS) is 20.1. The fraction of sp³-hybridized carbons (Fsp3) is 0.417. The van der Waals surface area contributed by atoms with Crippen molar-refractivity contribution < 1.29 is 17.9 Å². The number of morpholine rings is 1. The van der Waals surface area contributed by atoms with E-state index in [1.165, 1.54) is 0 Å². The zero-order valence-corrected chi connectivity index (χ0v) is 19.8. The highest BCUT2D eigenvalue weighted by Crippen LogP contribution is 2.24. The third-order valence-corrected chi connectivity index (χ3v) is 7.56. The van der Waals surface area contributed by atoms with Gasteiger partial charge in [0.05, 0.1) is 18.1 Å². The molecule has 0 unspecified atom stereocenters. The number of sulfonamides is 1. The van der Waals surface area contributed by atoms with E-state index < -0.39 is 16.1 Å². The molecule has 2 aliphatic rings. The number of amides is 1. The molecule has 2 aromatic carbocycles. The number of benzene rings is 2. The fourth-order valence-corrected chi connectivity index (χ4v) is 5.22. The summed E-state index contributed by atoms with van der Waals surface area (Å²) < 4.78 is 32.7. The number of fused-ring (bicyclic) bond motifs is 1. The van der Waals surface area contributed by atoms with Crippen molar-refractivity contribution in [1.29, 1.82) is 0 Å². The predicted molar refractivity (Wildman–Crippen MR) is 128 cm³/mol. The zero-order chi connectivity index (χ0) is 23.4. The smallest absolute Gasteiger partial charge is 0.263 e. The van der Waals surface area contributed by atoms with E-state index in [1.807, 2.05) is 26.0 Å². The molecule has 0 saturated carbocycles. The summed E-state index contributed by atoms with van der Waals surface area (Å²) in [5, 5.41) is 2.98. The Bertz CT molecular complexity index is 1130. The van der Waals surface area contributed by atoms with Crippen LogP contribution >= 0.6 is 0 Å². The first kappa shape index (κ1) is 23.3. The first-order valence-corrected chi connectivity index (χ1v) is 12.8. The van der Waals surface area contributed by atoms with Crippen molar-refractivity contribution in [2.24, 2.45) is 10.9 Å². The van der Waals surface area contributed by atoms with Gasteiger partial charge >= 0.3 is 0 Å². The van der Waals surface area contributed by atoms with Crippen LogP contribution < -0.4 is 14.9 Å². The van der Waals surface area contributed by atoms with E-state index in [9.17, 15) is 13.2 Å².